The van der Waals surface area contributed by atoms with Crippen molar-refractivity contribution in [3.63, 3.8) is 0 Å². The molecule has 0 saturated heterocycles. The van der Waals surface area contributed by atoms with E-state index in [1.807, 2.05) is 18.4 Å². The predicted molar refractivity (Wildman–Crippen MR) is 83.5 cm³/mol. The predicted octanol–water partition coefficient (Wildman–Crippen LogP) is 3.01. The number of carbonyl (C=O) groups excluding carboxylic acids is 2. The van der Waals surface area contributed by atoms with Crippen LogP contribution in [0.4, 0.5) is 0 Å². The highest BCUT2D eigenvalue weighted by atomic mass is 32.2. The Bertz CT molecular complexity index is 512. The minimum absolute atomic E-state index is 0.211. The number of hydrogen-bond acceptors (Lipinski definition) is 4. The Morgan fingerprint density at radius 1 is 1.29 bits per heavy atom. The summed E-state index contributed by atoms with van der Waals surface area (Å²) in [4.78, 5) is 25.0. The smallest absolute Gasteiger partial charge is 0.340 e. The van der Waals surface area contributed by atoms with Gasteiger partial charge in [-0.05, 0) is 38.2 Å². The normalized spacial score (nSPS) is 16.5. The molecule has 1 fully saturated rings. The molecule has 1 saturated carbocycles. The Morgan fingerprint density at radius 2 is 1.95 bits per heavy atom. The van der Waals surface area contributed by atoms with E-state index in [0.29, 0.717) is 5.56 Å². The number of esters is 1. The van der Waals surface area contributed by atoms with Crippen molar-refractivity contribution >= 4 is 23.6 Å². The van der Waals surface area contributed by atoms with E-state index in [0.717, 1.165) is 30.6 Å². The van der Waals surface area contributed by atoms with Crippen LogP contribution >= 0.6 is 11.8 Å². The summed E-state index contributed by atoms with van der Waals surface area (Å²) in [5.41, 5.74) is 0.505. The molecule has 0 aliphatic heterocycles. The molecule has 1 aromatic carbocycles. The van der Waals surface area contributed by atoms with Gasteiger partial charge in [0.2, 0.25) is 0 Å². The van der Waals surface area contributed by atoms with Gasteiger partial charge in [-0.25, -0.2) is 4.79 Å². The molecule has 1 amide bonds. The summed E-state index contributed by atoms with van der Waals surface area (Å²) in [6.07, 6.45) is 5.47. The van der Waals surface area contributed by atoms with Crippen molar-refractivity contribution in [1.29, 1.82) is 0 Å². The molecular weight excluding hydrogens is 286 g/mol. The number of carbonyl (C=O) groups is 2. The van der Waals surface area contributed by atoms with Gasteiger partial charge in [-0.3, -0.25) is 4.79 Å². The number of hydrogen-bond donors (Lipinski definition) is 1. The highest BCUT2D eigenvalue weighted by molar-refractivity contribution is 7.98. The van der Waals surface area contributed by atoms with Crippen LogP contribution in [-0.2, 0) is 9.53 Å². The summed E-state index contributed by atoms with van der Waals surface area (Å²) in [6, 6.07) is 7.48. The van der Waals surface area contributed by atoms with Crippen molar-refractivity contribution < 1.29 is 14.3 Å². The van der Waals surface area contributed by atoms with E-state index < -0.39 is 12.1 Å². The lowest BCUT2D eigenvalue weighted by Gasteiger charge is -2.17. The molecule has 1 atom stereocenters. The third kappa shape index (κ3) is 4.24. The zero-order valence-electron chi connectivity index (χ0n) is 12.4. The van der Waals surface area contributed by atoms with Crippen molar-refractivity contribution in [2.24, 2.45) is 0 Å². The first kappa shape index (κ1) is 15.9. The number of rotatable bonds is 5. The van der Waals surface area contributed by atoms with Crippen LogP contribution in [0.25, 0.3) is 0 Å². The molecule has 0 bridgehead atoms. The first-order valence-electron chi connectivity index (χ1n) is 7.26. The molecule has 21 heavy (non-hydrogen) atoms. The van der Waals surface area contributed by atoms with E-state index in [4.69, 9.17) is 4.74 Å². The van der Waals surface area contributed by atoms with Gasteiger partial charge in [0, 0.05) is 10.9 Å². The first-order valence-corrected chi connectivity index (χ1v) is 8.48. The maximum Gasteiger partial charge on any atom is 0.340 e. The lowest BCUT2D eigenvalue weighted by Crippen LogP contribution is -2.40. The van der Waals surface area contributed by atoms with E-state index in [1.165, 1.54) is 11.8 Å². The molecule has 1 N–H and O–H groups in total. The van der Waals surface area contributed by atoms with E-state index in [-0.39, 0.29) is 11.9 Å². The first-order chi connectivity index (χ1) is 10.1. The minimum Gasteiger partial charge on any atom is -0.449 e. The fraction of sp³-hybridized carbons (Fsp3) is 0.500. The van der Waals surface area contributed by atoms with Crippen molar-refractivity contribution in [3.05, 3.63) is 29.8 Å². The second-order valence-corrected chi connectivity index (χ2v) is 6.09. The van der Waals surface area contributed by atoms with Gasteiger partial charge in [0.15, 0.2) is 6.10 Å². The van der Waals surface area contributed by atoms with Crippen molar-refractivity contribution in [1.82, 2.24) is 5.32 Å². The number of amides is 1. The second-order valence-electron chi connectivity index (χ2n) is 5.24. The molecule has 1 aromatic rings. The molecule has 4 nitrogen and oxygen atoms in total. The number of ether oxygens (including phenoxy) is 1. The van der Waals surface area contributed by atoms with Crippen LogP contribution in [0.3, 0.4) is 0 Å². The molecule has 0 spiro atoms. The lowest BCUT2D eigenvalue weighted by atomic mass is 10.2. The van der Waals surface area contributed by atoms with Crippen LogP contribution < -0.4 is 5.32 Å². The highest BCUT2D eigenvalue weighted by Gasteiger charge is 2.24. The lowest BCUT2D eigenvalue weighted by molar-refractivity contribution is -0.129. The van der Waals surface area contributed by atoms with Crippen LogP contribution in [0.2, 0.25) is 0 Å². The summed E-state index contributed by atoms with van der Waals surface area (Å²) >= 11 is 1.48. The summed E-state index contributed by atoms with van der Waals surface area (Å²) in [6.45, 7) is 1.61. The Morgan fingerprint density at radius 3 is 2.62 bits per heavy atom. The maximum atomic E-state index is 12.2. The number of benzene rings is 1. The fourth-order valence-corrected chi connectivity index (χ4v) is 3.07. The van der Waals surface area contributed by atoms with Crippen LogP contribution in [0, 0.1) is 0 Å². The molecule has 1 aliphatic carbocycles. The summed E-state index contributed by atoms with van der Waals surface area (Å²) < 4.78 is 5.29. The SMILES string of the molecule is CSc1ccccc1C(=O)OC(C)C(=O)NC1CCCC1. The Hall–Kier alpha value is -1.49. The van der Waals surface area contributed by atoms with Crippen molar-refractivity contribution in [3.8, 4) is 0 Å². The van der Waals surface area contributed by atoms with Crippen molar-refractivity contribution in [2.45, 2.75) is 49.6 Å². The zero-order valence-corrected chi connectivity index (χ0v) is 13.2. The van der Waals surface area contributed by atoms with E-state index in [2.05, 4.69) is 5.32 Å². The van der Waals surface area contributed by atoms with Crippen LogP contribution in [0.1, 0.15) is 43.0 Å². The molecule has 114 valence electrons. The summed E-state index contributed by atoms with van der Waals surface area (Å²) in [5.74, 6) is -0.661. The van der Waals surface area contributed by atoms with Gasteiger partial charge >= 0.3 is 5.97 Å². The van der Waals surface area contributed by atoms with Gasteiger partial charge in [0.25, 0.3) is 5.91 Å². The molecule has 1 unspecified atom stereocenters. The fourth-order valence-electron chi connectivity index (χ4n) is 2.48. The Kier molecular flexibility index (Phi) is 5.67. The maximum absolute atomic E-state index is 12.2. The highest BCUT2D eigenvalue weighted by Crippen LogP contribution is 2.21. The molecule has 2 rings (SSSR count). The zero-order chi connectivity index (χ0) is 15.2. The van der Waals surface area contributed by atoms with Gasteiger partial charge < -0.3 is 10.1 Å². The second kappa shape index (κ2) is 7.50. The molecular formula is C16H21NO3S. The average molecular weight is 307 g/mol. The minimum atomic E-state index is -0.770. The van der Waals surface area contributed by atoms with Crippen LogP contribution in [0.15, 0.2) is 29.2 Å². The third-order valence-corrected chi connectivity index (χ3v) is 4.48. The molecule has 0 heterocycles. The number of nitrogens with one attached hydrogen (secondary N) is 1. The third-order valence-electron chi connectivity index (χ3n) is 3.68. The monoisotopic (exact) mass is 307 g/mol. The van der Waals surface area contributed by atoms with Gasteiger partial charge in [-0.15, -0.1) is 11.8 Å². The van der Waals surface area contributed by atoms with E-state index in [9.17, 15) is 9.59 Å². The molecule has 5 heteroatoms. The topological polar surface area (TPSA) is 55.4 Å². The molecule has 1 aliphatic rings. The van der Waals surface area contributed by atoms with Crippen molar-refractivity contribution in [2.75, 3.05) is 6.26 Å². The van der Waals surface area contributed by atoms with Crippen LogP contribution in [-0.4, -0.2) is 30.3 Å². The van der Waals surface area contributed by atoms with E-state index >= 15 is 0 Å². The quantitative estimate of drug-likeness (QED) is 0.671. The average Bonchev–Trinajstić information content (AvgIpc) is 2.99. The summed E-state index contributed by atoms with van der Waals surface area (Å²) in [5, 5.41) is 2.94. The van der Waals surface area contributed by atoms with Gasteiger partial charge in [0.1, 0.15) is 0 Å². The van der Waals surface area contributed by atoms with Gasteiger partial charge in [0.05, 0.1) is 5.56 Å². The molecule has 0 aromatic heterocycles. The Balaban J connectivity index is 1.93. The van der Waals surface area contributed by atoms with Gasteiger partial charge in [-0.1, -0.05) is 25.0 Å². The molecule has 0 radical (unpaired) electrons. The Labute approximate surface area is 129 Å². The van der Waals surface area contributed by atoms with Gasteiger partial charge in [-0.2, -0.15) is 0 Å². The number of thioether (sulfide) groups is 1. The van der Waals surface area contributed by atoms with E-state index in [1.54, 1.807) is 19.1 Å². The summed E-state index contributed by atoms with van der Waals surface area (Å²) in [7, 11) is 0. The standard InChI is InChI=1S/C16H21NO3S/c1-11(15(18)17-12-7-3-4-8-12)20-16(19)13-9-5-6-10-14(13)21-2/h5-6,9-12H,3-4,7-8H2,1-2H3,(H,17,18). The largest absolute Gasteiger partial charge is 0.449 e. The van der Waals surface area contributed by atoms with Crippen LogP contribution in [0.5, 0.6) is 0 Å².